The maximum atomic E-state index is 13.3. The van der Waals surface area contributed by atoms with Crippen LogP contribution in [0.5, 0.6) is 5.75 Å². The van der Waals surface area contributed by atoms with Crippen molar-refractivity contribution in [3.63, 3.8) is 0 Å². The van der Waals surface area contributed by atoms with Crippen LogP contribution >= 0.6 is 23.2 Å². The monoisotopic (exact) mass is 320 g/mol. The fraction of sp³-hybridized carbons (Fsp3) is 0.143. The van der Waals surface area contributed by atoms with Crippen LogP contribution in [0.3, 0.4) is 0 Å². The van der Waals surface area contributed by atoms with E-state index in [4.69, 9.17) is 27.9 Å². The molecule has 0 amide bonds. The third-order valence-corrected chi connectivity index (χ3v) is 3.59. The lowest BCUT2D eigenvalue weighted by Gasteiger charge is -2.14. The summed E-state index contributed by atoms with van der Waals surface area (Å²) in [5.41, 5.74) is 0.652. The third-order valence-electron chi connectivity index (χ3n) is 2.78. The fourth-order valence-corrected chi connectivity index (χ4v) is 2.38. The highest BCUT2D eigenvalue weighted by Gasteiger charge is 2.19. The lowest BCUT2D eigenvalue weighted by molar-refractivity contribution is 0.386. The number of rotatable bonds is 3. The van der Waals surface area contributed by atoms with Gasteiger partial charge in [-0.15, -0.1) is 11.6 Å². The second kappa shape index (κ2) is 5.94. The molecule has 0 fully saturated rings. The predicted octanol–water partition coefficient (Wildman–Crippen LogP) is 5.09. The summed E-state index contributed by atoms with van der Waals surface area (Å²) in [5, 5.41) is -0.862. The van der Waals surface area contributed by atoms with Crippen molar-refractivity contribution in [1.29, 1.82) is 0 Å². The molecule has 0 aromatic heterocycles. The molecule has 0 spiro atoms. The molecule has 106 valence electrons. The van der Waals surface area contributed by atoms with Crippen molar-refractivity contribution in [1.82, 2.24) is 0 Å². The molecule has 0 radical (unpaired) electrons. The molecule has 6 heteroatoms. The molecule has 0 saturated carbocycles. The number of ether oxygens (including phenoxy) is 1. The van der Waals surface area contributed by atoms with Crippen LogP contribution in [-0.2, 0) is 0 Å². The largest absolute Gasteiger partial charge is 0.494 e. The minimum Gasteiger partial charge on any atom is -0.494 e. The van der Waals surface area contributed by atoms with Gasteiger partial charge in [-0.05, 0) is 35.4 Å². The Bertz CT molecular complexity index is 647. The topological polar surface area (TPSA) is 9.23 Å². The van der Waals surface area contributed by atoms with Gasteiger partial charge in [0.1, 0.15) is 0 Å². The Kier molecular flexibility index (Phi) is 4.45. The Hall–Kier alpha value is -1.39. The van der Waals surface area contributed by atoms with Crippen LogP contribution < -0.4 is 4.74 Å². The molecule has 2 rings (SSSR count). The maximum absolute atomic E-state index is 13.3. The van der Waals surface area contributed by atoms with E-state index in [1.807, 2.05) is 0 Å². The Balaban J connectivity index is 2.46. The number of hydrogen-bond acceptors (Lipinski definition) is 1. The lowest BCUT2D eigenvalue weighted by atomic mass is 10.0. The SMILES string of the molecule is COc1cc(C(Cl)c2cc(F)c(F)cc2Cl)ccc1F. The van der Waals surface area contributed by atoms with Crippen molar-refractivity contribution < 1.29 is 17.9 Å². The normalized spacial score (nSPS) is 12.3. The second-order valence-electron chi connectivity index (χ2n) is 4.04. The molecule has 0 aliphatic rings. The minimum atomic E-state index is -1.06. The van der Waals surface area contributed by atoms with E-state index in [1.165, 1.54) is 25.3 Å². The number of halogens is 5. The van der Waals surface area contributed by atoms with E-state index in [-0.39, 0.29) is 16.3 Å². The van der Waals surface area contributed by atoms with E-state index in [1.54, 1.807) is 0 Å². The average Bonchev–Trinajstić information content (AvgIpc) is 2.42. The maximum Gasteiger partial charge on any atom is 0.165 e. The standard InChI is InChI=1S/C14H9Cl2F3O/c1-20-13-4-7(2-3-10(13)17)14(16)8-5-11(18)12(19)6-9(8)15/h2-6,14H,1H3. The minimum absolute atomic E-state index is 0.00635. The van der Waals surface area contributed by atoms with Crippen molar-refractivity contribution >= 4 is 23.2 Å². The van der Waals surface area contributed by atoms with E-state index >= 15 is 0 Å². The molecule has 0 heterocycles. The van der Waals surface area contributed by atoms with Crippen LogP contribution in [0.2, 0.25) is 5.02 Å². The first-order valence-corrected chi connectivity index (χ1v) is 6.37. The van der Waals surface area contributed by atoms with Gasteiger partial charge < -0.3 is 4.74 Å². The Morgan fingerprint density at radius 1 is 1.00 bits per heavy atom. The molecule has 0 saturated heterocycles. The summed E-state index contributed by atoms with van der Waals surface area (Å²) >= 11 is 12.0. The summed E-state index contributed by atoms with van der Waals surface area (Å²) in [7, 11) is 1.32. The van der Waals surface area contributed by atoms with Gasteiger partial charge in [-0.2, -0.15) is 0 Å². The first-order valence-electron chi connectivity index (χ1n) is 5.56. The van der Waals surface area contributed by atoms with Crippen LogP contribution in [-0.4, -0.2) is 7.11 Å². The van der Waals surface area contributed by atoms with Crippen molar-refractivity contribution in [3.05, 3.63) is 63.9 Å². The number of alkyl halides is 1. The Morgan fingerprint density at radius 3 is 2.30 bits per heavy atom. The zero-order chi connectivity index (χ0) is 14.9. The van der Waals surface area contributed by atoms with Gasteiger partial charge in [0.25, 0.3) is 0 Å². The van der Waals surface area contributed by atoms with Crippen LogP contribution in [0.25, 0.3) is 0 Å². The highest BCUT2D eigenvalue weighted by atomic mass is 35.5. The summed E-state index contributed by atoms with van der Waals surface area (Å²) in [6.45, 7) is 0. The molecule has 0 aliphatic heterocycles. The molecule has 20 heavy (non-hydrogen) atoms. The molecule has 0 aliphatic carbocycles. The molecule has 1 unspecified atom stereocenters. The van der Waals surface area contributed by atoms with Gasteiger partial charge in [-0.1, -0.05) is 17.7 Å². The van der Waals surface area contributed by atoms with Crippen LogP contribution in [0.1, 0.15) is 16.5 Å². The number of hydrogen-bond donors (Lipinski definition) is 0. The van der Waals surface area contributed by atoms with Gasteiger partial charge in [0.05, 0.1) is 12.5 Å². The first kappa shape index (κ1) is 15.0. The van der Waals surface area contributed by atoms with E-state index in [2.05, 4.69) is 0 Å². The van der Waals surface area contributed by atoms with Gasteiger partial charge in [-0.3, -0.25) is 0 Å². The van der Waals surface area contributed by atoms with E-state index in [0.29, 0.717) is 5.56 Å². The van der Waals surface area contributed by atoms with Crippen molar-refractivity contribution in [2.24, 2.45) is 0 Å². The Labute approximate surface area is 123 Å². The van der Waals surface area contributed by atoms with Crippen molar-refractivity contribution in [3.8, 4) is 5.75 Å². The molecular formula is C14H9Cl2F3O. The van der Waals surface area contributed by atoms with Crippen LogP contribution in [0.4, 0.5) is 13.2 Å². The summed E-state index contributed by atoms with van der Waals surface area (Å²) in [4.78, 5) is 0. The van der Waals surface area contributed by atoms with Gasteiger partial charge in [0, 0.05) is 5.02 Å². The van der Waals surface area contributed by atoms with Crippen molar-refractivity contribution in [2.45, 2.75) is 5.38 Å². The molecule has 2 aromatic carbocycles. The summed E-state index contributed by atoms with van der Waals surface area (Å²) in [6.07, 6.45) is 0. The number of benzene rings is 2. The third kappa shape index (κ3) is 2.86. The summed E-state index contributed by atoms with van der Waals surface area (Å²) in [5.74, 6) is -2.65. The van der Waals surface area contributed by atoms with Crippen molar-refractivity contribution in [2.75, 3.05) is 7.11 Å². The molecule has 0 N–H and O–H groups in total. The predicted molar refractivity (Wildman–Crippen MR) is 72.0 cm³/mol. The van der Waals surface area contributed by atoms with E-state index in [0.717, 1.165) is 12.1 Å². The highest BCUT2D eigenvalue weighted by molar-refractivity contribution is 6.33. The van der Waals surface area contributed by atoms with E-state index in [9.17, 15) is 13.2 Å². The van der Waals surface area contributed by atoms with Gasteiger partial charge in [-0.25, -0.2) is 13.2 Å². The smallest absolute Gasteiger partial charge is 0.165 e. The van der Waals surface area contributed by atoms with Crippen LogP contribution in [0.15, 0.2) is 30.3 Å². The van der Waals surface area contributed by atoms with Gasteiger partial charge in [0.2, 0.25) is 0 Å². The fourth-order valence-electron chi connectivity index (χ4n) is 1.75. The molecule has 2 aromatic rings. The zero-order valence-corrected chi connectivity index (χ0v) is 11.8. The first-order chi connectivity index (χ1) is 9.43. The van der Waals surface area contributed by atoms with Gasteiger partial charge >= 0.3 is 0 Å². The van der Waals surface area contributed by atoms with E-state index < -0.39 is 22.8 Å². The zero-order valence-electron chi connectivity index (χ0n) is 10.3. The molecular weight excluding hydrogens is 312 g/mol. The van der Waals surface area contributed by atoms with Gasteiger partial charge in [0.15, 0.2) is 23.2 Å². The molecule has 1 nitrogen and oxygen atoms in total. The second-order valence-corrected chi connectivity index (χ2v) is 4.89. The summed E-state index contributed by atoms with van der Waals surface area (Å²) < 4.78 is 44.5. The molecule has 1 atom stereocenters. The molecule has 0 bridgehead atoms. The van der Waals surface area contributed by atoms with Crippen LogP contribution in [0, 0.1) is 17.5 Å². The quantitative estimate of drug-likeness (QED) is 0.565. The number of methoxy groups -OCH3 is 1. The lowest BCUT2D eigenvalue weighted by Crippen LogP contribution is -1.99. The Morgan fingerprint density at radius 2 is 1.65 bits per heavy atom. The average molecular weight is 321 g/mol. The summed E-state index contributed by atoms with van der Waals surface area (Å²) in [6, 6.07) is 5.75. The highest BCUT2D eigenvalue weighted by Crippen LogP contribution is 2.36.